The molecule has 2 unspecified atom stereocenters. The van der Waals surface area contributed by atoms with Crippen LogP contribution in [0, 0.1) is 0 Å². The van der Waals surface area contributed by atoms with Crippen LogP contribution in [0.3, 0.4) is 0 Å². The molecule has 6 nitrogen and oxygen atoms in total. The fourth-order valence-electron chi connectivity index (χ4n) is 4.00. The first-order chi connectivity index (χ1) is 13.4. The molecule has 4 rings (SSSR count). The number of carbonyl (C=O) groups is 1. The summed E-state index contributed by atoms with van der Waals surface area (Å²) >= 11 is 0. The van der Waals surface area contributed by atoms with Crippen molar-refractivity contribution >= 4 is 21.6 Å². The number of benzene rings is 2. The number of para-hydroxylation sites is 1. The summed E-state index contributed by atoms with van der Waals surface area (Å²) in [5.74, 6) is -0.166. The van der Waals surface area contributed by atoms with Crippen molar-refractivity contribution in [3.05, 3.63) is 59.7 Å². The Balaban J connectivity index is 1.63. The highest BCUT2D eigenvalue weighted by atomic mass is 32.2. The van der Waals surface area contributed by atoms with E-state index >= 15 is 0 Å². The van der Waals surface area contributed by atoms with E-state index in [4.69, 9.17) is 4.74 Å². The van der Waals surface area contributed by atoms with Crippen molar-refractivity contribution in [1.29, 1.82) is 0 Å². The van der Waals surface area contributed by atoms with Gasteiger partial charge in [-0.05, 0) is 50.1 Å². The van der Waals surface area contributed by atoms with Crippen LogP contribution in [0.2, 0.25) is 0 Å². The predicted molar refractivity (Wildman–Crippen MR) is 107 cm³/mol. The lowest BCUT2D eigenvalue weighted by Gasteiger charge is -2.35. The van der Waals surface area contributed by atoms with E-state index in [1.165, 1.54) is 10.4 Å². The molecule has 2 heterocycles. The van der Waals surface area contributed by atoms with Gasteiger partial charge in [0.15, 0.2) is 0 Å². The molecule has 7 heteroatoms. The summed E-state index contributed by atoms with van der Waals surface area (Å²) in [7, 11) is -3.72. The van der Waals surface area contributed by atoms with Gasteiger partial charge < -0.3 is 9.64 Å². The maximum absolute atomic E-state index is 13.2. The Morgan fingerprint density at radius 3 is 2.50 bits per heavy atom. The first kappa shape index (κ1) is 19.0. The lowest BCUT2D eigenvalue weighted by Crippen LogP contribution is -2.48. The number of anilines is 1. The van der Waals surface area contributed by atoms with Crippen LogP contribution >= 0.6 is 0 Å². The summed E-state index contributed by atoms with van der Waals surface area (Å²) in [5, 5.41) is 0. The second-order valence-electron chi connectivity index (χ2n) is 7.45. The summed E-state index contributed by atoms with van der Waals surface area (Å²) < 4.78 is 33.6. The Bertz CT molecular complexity index is 995. The predicted octanol–water partition coefficient (Wildman–Crippen LogP) is 2.69. The van der Waals surface area contributed by atoms with Crippen molar-refractivity contribution < 1.29 is 17.9 Å². The monoisotopic (exact) mass is 400 g/mol. The zero-order valence-corrected chi connectivity index (χ0v) is 16.9. The molecule has 0 saturated carbocycles. The van der Waals surface area contributed by atoms with Gasteiger partial charge in [-0.25, -0.2) is 8.42 Å². The van der Waals surface area contributed by atoms with E-state index in [0.717, 1.165) is 11.3 Å². The standard InChI is InChI=1S/C21H24N2O4S/c1-15-13-22(14-16(2)27-15)21(24)18-7-5-8-19(12-18)28(25,26)23-11-10-17-6-3-4-9-20(17)23/h3-9,12,15-16H,10-11,13-14H2,1-2H3. The van der Waals surface area contributed by atoms with Crippen molar-refractivity contribution in [1.82, 2.24) is 4.90 Å². The van der Waals surface area contributed by atoms with Gasteiger partial charge in [0, 0.05) is 25.2 Å². The average molecular weight is 401 g/mol. The van der Waals surface area contributed by atoms with Gasteiger partial charge in [0.1, 0.15) is 0 Å². The van der Waals surface area contributed by atoms with Crippen molar-refractivity contribution in [3.8, 4) is 0 Å². The summed E-state index contributed by atoms with van der Waals surface area (Å²) in [5.41, 5.74) is 2.12. The number of ether oxygens (including phenoxy) is 1. The number of rotatable bonds is 3. The highest BCUT2D eigenvalue weighted by molar-refractivity contribution is 7.92. The third-order valence-corrected chi connectivity index (χ3v) is 7.03. The van der Waals surface area contributed by atoms with Crippen molar-refractivity contribution in [2.45, 2.75) is 37.4 Å². The summed E-state index contributed by atoms with van der Waals surface area (Å²) in [6.45, 7) is 5.28. The maximum atomic E-state index is 13.2. The molecule has 0 spiro atoms. The van der Waals surface area contributed by atoms with Gasteiger partial charge in [0.25, 0.3) is 15.9 Å². The molecule has 148 valence electrons. The Kier molecular flexibility index (Phi) is 4.89. The molecule has 28 heavy (non-hydrogen) atoms. The Labute approximate surface area is 165 Å². The molecule has 1 fully saturated rings. The van der Waals surface area contributed by atoms with Crippen LogP contribution in [-0.2, 0) is 21.2 Å². The van der Waals surface area contributed by atoms with E-state index in [1.54, 1.807) is 23.1 Å². The molecule has 0 bridgehead atoms. The average Bonchev–Trinajstić information content (AvgIpc) is 3.12. The lowest BCUT2D eigenvalue weighted by molar-refractivity contribution is -0.0586. The third-order valence-electron chi connectivity index (χ3n) is 5.22. The van der Waals surface area contributed by atoms with Crippen LogP contribution in [0.25, 0.3) is 0 Å². The Morgan fingerprint density at radius 2 is 1.75 bits per heavy atom. The van der Waals surface area contributed by atoms with Crippen LogP contribution in [0.5, 0.6) is 0 Å². The maximum Gasteiger partial charge on any atom is 0.264 e. The van der Waals surface area contributed by atoms with Crippen LogP contribution in [0.4, 0.5) is 5.69 Å². The quantitative estimate of drug-likeness (QED) is 0.795. The first-order valence-electron chi connectivity index (χ1n) is 9.51. The van der Waals surface area contributed by atoms with Crippen molar-refractivity contribution in [2.24, 2.45) is 0 Å². The number of hydrogen-bond donors (Lipinski definition) is 0. The molecule has 2 aromatic carbocycles. The van der Waals surface area contributed by atoms with Gasteiger partial charge in [-0.3, -0.25) is 9.10 Å². The van der Waals surface area contributed by atoms with Gasteiger partial charge in [0.05, 0.1) is 22.8 Å². The highest BCUT2D eigenvalue weighted by Gasteiger charge is 2.32. The van der Waals surface area contributed by atoms with Gasteiger partial charge in [-0.2, -0.15) is 0 Å². The number of carbonyl (C=O) groups excluding carboxylic acids is 1. The number of hydrogen-bond acceptors (Lipinski definition) is 4. The van der Waals surface area contributed by atoms with Gasteiger partial charge in [0.2, 0.25) is 0 Å². The molecule has 2 atom stereocenters. The second-order valence-corrected chi connectivity index (χ2v) is 9.31. The van der Waals surface area contributed by atoms with Gasteiger partial charge >= 0.3 is 0 Å². The molecular formula is C21H24N2O4S. The molecule has 2 aliphatic rings. The number of nitrogens with zero attached hydrogens (tertiary/aromatic N) is 2. The molecule has 1 saturated heterocycles. The van der Waals surface area contributed by atoms with Crippen LogP contribution < -0.4 is 4.31 Å². The molecule has 0 aliphatic carbocycles. The minimum Gasteiger partial charge on any atom is -0.372 e. The summed E-state index contributed by atoms with van der Waals surface area (Å²) in [6, 6.07) is 13.9. The van der Waals surface area contributed by atoms with E-state index in [9.17, 15) is 13.2 Å². The van der Waals surface area contributed by atoms with E-state index in [-0.39, 0.29) is 23.0 Å². The number of fused-ring (bicyclic) bond motifs is 1. The van der Waals surface area contributed by atoms with Crippen LogP contribution in [-0.4, -0.2) is 51.1 Å². The van der Waals surface area contributed by atoms with E-state index in [0.29, 0.717) is 31.6 Å². The van der Waals surface area contributed by atoms with Gasteiger partial charge in [-0.15, -0.1) is 0 Å². The van der Waals surface area contributed by atoms with Crippen LogP contribution in [0.15, 0.2) is 53.4 Å². The zero-order chi connectivity index (χ0) is 19.9. The normalized spacial score (nSPS) is 22.2. The van der Waals surface area contributed by atoms with Crippen LogP contribution in [0.1, 0.15) is 29.8 Å². The van der Waals surface area contributed by atoms with Crippen molar-refractivity contribution in [2.75, 3.05) is 23.9 Å². The Morgan fingerprint density at radius 1 is 1.04 bits per heavy atom. The zero-order valence-electron chi connectivity index (χ0n) is 16.0. The number of amides is 1. The van der Waals surface area contributed by atoms with E-state index in [2.05, 4.69) is 0 Å². The minimum atomic E-state index is -3.72. The van der Waals surface area contributed by atoms with E-state index < -0.39 is 10.0 Å². The largest absolute Gasteiger partial charge is 0.372 e. The molecule has 0 aromatic heterocycles. The van der Waals surface area contributed by atoms with Crippen molar-refractivity contribution in [3.63, 3.8) is 0 Å². The SMILES string of the molecule is CC1CN(C(=O)c2cccc(S(=O)(=O)N3CCc4ccccc43)c2)CC(C)O1. The molecule has 1 amide bonds. The number of morpholine rings is 1. The summed E-state index contributed by atoms with van der Waals surface area (Å²) in [6.07, 6.45) is 0.610. The Hall–Kier alpha value is -2.38. The highest BCUT2D eigenvalue weighted by Crippen LogP contribution is 2.32. The molecule has 0 radical (unpaired) electrons. The fraction of sp³-hybridized carbons (Fsp3) is 0.381. The molecule has 0 N–H and O–H groups in total. The second kappa shape index (κ2) is 7.22. The number of sulfonamides is 1. The van der Waals surface area contributed by atoms with E-state index in [1.807, 2.05) is 38.1 Å². The topological polar surface area (TPSA) is 66.9 Å². The lowest BCUT2D eigenvalue weighted by atomic mass is 10.1. The molecule has 2 aromatic rings. The molecular weight excluding hydrogens is 376 g/mol. The third kappa shape index (κ3) is 3.40. The van der Waals surface area contributed by atoms with Gasteiger partial charge in [-0.1, -0.05) is 24.3 Å². The first-order valence-corrected chi connectivity index (χ1v) is 11.0. The smallest absolute Gasteiger partial charge is 0.264 e. The summed E-state index contributed by atoms with van der Waals surface area (Å²) in [4.78, 5) is 14.8. The fourth-order valence-corrected chi connectivity index (χ4v) is 5.55. The minimum absolute atomic E-state index is 0.0410. The molecule has 2 aliphatic heterocycles.